The fraction of sp³-hybridized carbons (Fsp3) is 0.444. The van der Waals surface area contributed by atoms with Crippen LogP contribution in [0.1, 0.15) is 6.42 Å². The molecule has 1 aliphatic carbocycles. The van der Waals surface area contributed by atoms with Crippen molar-refractivity contribution in [2.45, 2.75) is 12.5 Å². The van der Waals surface area contributed by atoms with Crippen molar-refractivity contribution in [1.29, 1.82) is 0 Å². The monoisotopic (exact) mass is 235 g/mol. The van der Waals surface area contributed by atoms with Gasteiger partial charge in [-0.25, -0.2) is 0 Å². The highest BCUT2D eigenvalue weighted by atomic mass is 35.5. The molecule has 0 radical (unpaired) electrons. The van der Waals surface area contributed by atoms with Crippen LogP contribution in [0.2, 0.25) is 0 Å². The second-order valence-corrected chi connectivity index (χ2v) is 3.79. The summed E-state index contributed by atoms with van der Waals surface area (Å²) in [5, 5.41) is 12.3. The number of nitrogens with one attached hydrogen (secondary N) is 1. The SMILES string of the molecule is O=C(NC[C@H](O)CCl)C1=CC=C(Cl)C1. The van der Waals surface area contributed by atoms with E-state index in [2.05, 4.69) is 5.32 Å². The van der Waals surface area contributed by atoms with Crippen molar-refractivity contribution in [1.82, 2.24) is 5.32 Å². The lowest BCUT2D eigenvalue weighted by Gasteiger charge is -2.08. The van der Waals surface area contributed by atoms with Gasteiger partial charge in [-0.3, -0.25) is 4.79 Å². The number of aliphatic hydroxyl groups excluding tert-OH is 1. The zero-order chi connectivity index (χ0) is 10.6. The van der Waals surface area contributed by atoms with Gasteiger partial charge in [-0.05, 0) is 6.08 Å². The lowest BCUT2D eigenvalue weighted by molar-refractivity contribution is -0.117. The lowest BCUT2D eigenvalue weighted by atomic mass is 10.2. The molecular weight excluding hydrogens is 225 g/mol. The topological polar surface area (TPSA) is 49.3 Å². The third-order valence-electron chi connectivity index (χ3n) is 1.79. The van der Waals surface area contributed by atoms with Crippen LogP contribution in [-0.4, -0.2) is 29.5 Å². The predicted molar refractivity (Wildman–Crippen MR) is 56.4 cm³/mol. The zero-order valence-electron chi connectivity index (χ0n) is 7.46. The molecule has 0 aromatic carbocycles. The van der Waals surface area contributed by atoms with Crippen molar-refractivity contribution in [3.8, 4) is 0 Å². The summed E-state index contributed by atoms with van der Waals surface area (Å²) < 4.78 is 0. The maximum atomic E-state index is 11.4. The van der Waals surface area contributed by atoms with Crippen molar-refractivity contribution in [3.63, 3.8) is 0 Å². The van der Waals surface area contributed by atoms with Gasteiger partial charge < -0.3 is 10.4 Å². The molecule has 1 rings (SSSR count). The number of alkyl halides is 1. The number of carbonyl (C=O) groups is 1. The van der Waals surface area contributed by atoms with Gasteiger partial charge in [0.2, 0.25) is 5.91 Å². The Kier molecular flexibility index (Phi) is 4.45. The highest BCUT2D eigenvalue weighted by molar-refractivity contribution is 6.30. The third-order valence-corrected chi connectivity index (χ3v) is 2.41. The molecule has 0 spiro atoms. The largest absolute Gasteiger partial charge is 0.390 e. The number of rotatable bonds is 4. The second kappa shape index (κ2) is 5.39. The number of hydrogen-bond acceptors (Lipinski definition) is 2. The Morgan fingerprint density at radius 3 is 2.86 bits per heavy atom. The van der Waals surface area contributed by atoms with Crippen LogP contribution in [0.3, 0.4) is 0 Å². The van der Waals surface area contributed by atoms with Crippen LogP contribution in [0.15, 0.2) is 22.8 Å². The van der Waals surface area contributed by atoms with E-state index in [9.17, 15) is 4.79 Å². The fourth-order valence-electron chi connectivity index (χ4n) is 1.03. The maximum absolute atomic E-state index is 11.4. The summed E-state index contributed by atoms with van der Waals surface area (Å²) in [6.07, 6.45) is 3.12. The van der Waals surface area contributed by atoms with Gasteiger partial charge in [-0.2, -0.15) is 0 Å². The Labute approximate surface area is 92.4 Å². The Bertz CT molecular complexity index is 287. The quantitative estimate of drug-likeness (QED) is 0.719. The fourth-order valence-corrected chi connectivity index (χ4v) is 1.34. The maximum Gasteiger partial charge on any atom is 0.247 e. The van der Waals surface area contributed by atoms with Gasteiger partial charge in [0.1, 0.15) is 0 Å². The van der Waals surface area contributed by atoms with Gasteiger partial charge in [0.05, 0.1) is 12.0 Å². The predicted octanol–water partition coefficient (Wildman–Crippen LogP) is 1.16. The molecule has 0 saturated carbocycles. The molecule has 1 amide bonds. The van der Waals surface area contributed by atoms with Crippen LogP contribution in [-0.2, 0) is 4.79 Å². The minimum Gasteiger partial charge on any atom is -0.390 e. The minimum atomic E-state index is -0.703. The Hall–Kier alpha value is -0.510. The van der Waals surface area contributed by atoms with E-state index in [-0.39, 0.29) is 18.3 Å². The van der Waals surface area contributed by atoms with E-state index in [1.165, 1.54) is 0 Å². The summed E-state index contributed by atoms with van der Waals surface area (Å²) in [6, 6.07) is 0. The molecule has 14 heavy (non-hydrogen) atoms. The summed E-state index contributed by atoms with van der Waals surface area (Å²) in [6.45, 7) is 0.164. The van der Waals surface area contributed by atoms with Gasteiger partial charge >= 0.3 is 0 Å². The summed E-state index contributed by atoms with van der Waals surface area (Å²) in [5.41, 5.74) is 0.608. The molecule has 0 aliphatic heterocycles. The molecule has 0 aromatic rings. The van der Waals surface area contributed by atoms with E-state index in [1.807, 2.05) is 0 Å². The first-order chi connectivity index (χ1) is 6.63. The average molecular weight is 236 g/mol. The van der Waals surface area contributed by atoms with Crippen molar-refractivity contribution in [2.24, 2.45) is 0 Å². The van der Waals surface area contributed by atoms with Crippen molar-refractivity contribution >= 4 is 29.1 Å². The van der Waals surface area contributed by atoms with Crippen LogP contribution in [0.25, 0.3) is 0 Å². The van der Waals surface area contributed by atoms with Gasteiger partial charge in [0, 0.05) is 23.6 Å². The molecule has 78 valence electrons. The first kappa shape index (κ1) is 11.6. The van der Waals surface area contributed by atoms with E-state index in [0.717, 1.165) is 0 Å². The van der Waals surface area contributed by atoms with Gasteiger partial charge in [0.25, 0.3) is 0 Å². The molecule has 0 bridgehead atoms. The number of halogens is 2. The number of carbonyl (C=O) groups excluding carboxylic acids is 1. The number of aliphatic hydroxyl groups is 1. The number of hydrogen-bond donors (Lipinski definition) is 2. The van der Waals surface area contributed by atoms with Crippen LogP contribution in [0, 0.1) is 0 Å². The summed E-state index contributed by atoms with van der Waals surface area (Å²) in [5.74, 6) is -0.0979. The zero-order valence-corrected chi connectivity index (χ0v) is 8.98. The smallest absolute Gasteiger partial charge is 0.247 e. The van der Waals surface area contributed by atoms with Crippen molar-refractivity contribution in [3.05, 3.63) is 22.8 Å². The normalized spacial score (nSPS) is 17.4. The van der Waals surface area contributed by atoms with Crippen molar-refractivity contribution in [2.75, 3.05) is 12.4 Å². The molecule has 3 nitrogen and oxygen atoms in total. The van der Waals surface area contributed by atoms with E-state index in [1.54, 1.807) is 12.2 Å². The molecule has 0 aromatic heterocycles. The second-order valence-electron chi connectivity index (χ2n) is 3.00. The standard InChI is InChI=1S/C9H11Cl2NO2/c10-4-8(13)5-12-9(14)6-1-2-7(11)3-6/h1-2,8,13H,3-5H2,(H,12,14)/t8-/m1/s1. The molecular formula is C9H11Cl2NO2. The third kappa shape index (κ3) is 3.33. The number of amides is 1. The van der Waals surface area contributed by atoms with E-state index < -0.39 is 6.10 Å². The Morgan fingerprint density at radius 2 is 2.36 bits per heavy atom. The summed E-state index contributed by atoms with van der Waals surface area (Å²) in [4.78, 5) is 11.4. The first-order valence-corrected chi connectivity index (χ1v) is 5.12. The lowest BCUT2D eigenvalue weighted by Crippen LogP contribution is -2.33. The highest BCUT2D eigenvalue weighted by Crippen LogP contribution is 2.21. The molecule has 0 heterocycles. The summed E-state index contributed by atoms with van der Waals surface area (Å²) in [7, 11) is 0. The molecule has 2 N–H and O–H groups in total. The number of allylic oxidation sites excluding steroid dienone is 3. The minimum absolute atomic E-state index is 0.109. The van der Waals surface area contributed by atoms with E-state index in [0.29, 0.717) is 17.0 Å². The molecule has 1 aliphatic rings. The van der Waals surface area contributed by atoms with Crippen LogP contribution >= 0.6 is 23.2 Å². The van der Waals surface area contributed by atoms with Crippen LogP contribution in [0.5, 0.6) is 0 Å². The molecule has 1 atom stereocenters. The van der Waals surface area contributed by atoms with Crippen LogP contribution in [0.4, 0.5) is 0 Å². The van der Waals surface area contributed by atoms with Crippen molar-refractivity contribution < 1.29 is 9.90 Å². The summed E-state index contributed by atoms with van der Waals surface area (Å²) >= 11 is 11.1. The van der Waals surface area contributed by atoms with Crippen LogP contribution < -0.4 is 5.32 Å². The van der Waals surface area contributed by atoms with Gasteiger partial charge in [-0.15, -0.1) is 11.6 Å². The average Bonchev–Trinajstić information content (AvgIpc) is 2.60. The van der Waals surface area contributed by atoms with Gasteiger partial charge in [0.15, 0.2) is 0 Å². The first-order valence-electron chi connectivity index (χ1n) is 4.21. The molecule has 0 unspecified atom stereocenters. The van der Waals surface area contributed by atoms with E-state index >= 15 is 0 Å². The Balaban J connectivity index is 2.30. The molecule has 0 fully saturated rings. The van der Waals surface area contributed by atoms with Gasteiger partial charge in [-0.1, -0.05) is 17.7 Å². The molecule has 5 heteroatoms. The Morgan fingerprint density at radius 1 is 1.64 bits per heavy atom. The highest BCUT2D eigenvalue weighted by Gasteiger charge is 2.14. The molecule has 0 saturated heterocycles. The van der Waals surface area contributed by atoms with E-state index in [4.69, 9.17) is 28.3 Å².